The first kappa shape index (κ1) is 14.7. The highest BCUT2D eigenvalue weighted by Crippen LogP contribution is 2.32. The van der Waals surface area contributed by atoms with Crippen molar-refractivity contribution in [3.8, 4) is 0 Å². The standard InChI is InChI=1S/C13H16N4O2.ClH/c1-7-10-4-9(6-15-13(10)19-17-7)12(18)16-11(5-14)8-2-3-8;/h4,6,8,11H,2-3,5,14H2,1H3,(H,16,18);1H. The molecule has 3 rings (SSSR count). The van der Waals surface area contributed by atoms with E-state index in [0.29, 0.717) is 23.7 Å². The van der Waals surface area contributed by atoms with Crippen LogP contribution in [0.25, 0.3) is 11.1 Å². The third kappa shape index (κ3) is 2.76. The van der Waals surface area contributed by atoms with Gasteiger partial charge in [0.1, 0.15) is 0 Å². The van der Waals surface area contributed by atoms with Gasteiger partial charge in [0.25, 0.3) is 11.6 Å². The molecule has 1 atom stereocenters. The molecule has 0 bridgehead atoms. The van der Waals surface area contributed by atoms with E-state index in [2.05, 4.69) is 15.5 Å². The molecule has 2 aromatic heterocycles. The lowest BCUT2D eigenvalue weighted by Crippen LogP contribution is -2.41. The first-order valence-corrected chi connectivity index (χ1v) is 6.42. The summed E-state index contributed by atoms with van der Waals surface area (Å²) in [6.07, 6.45) is 3.79. The molecule has 2 aromatic rings. The summed E-state index contributed by atoms with van der Waals surface area (Å²) in [7, 11) is 0. The van der Waals surface area contributed by atoms with Gasteiger partial charge in [0.05, 0.1) is 16.6 Å². The highest BCUT2D eigenvalue weighted by atomic mass is 35.5. The van der Waals surface area contributed by atoms with Gasteiger partial charge in [-0.1, -0.05) is 5.16 Å². The van der Waals surface area contributed by atoms with Crippen LogP contribution in [0.2, 0.25) is 0 Å². The van der Waals surface area contributed by atoms with Gasteiger partial charge in [0, 0.05) is 18.8 Å². The molecule has 3 N–H and O–H groups in total. The van der Waals surface area contributed by atoms with Gasteiger partial charge >= 0.3 is 0 Å². The third-order valence-corrected chi connectivity index (χ3v) is 3.53. The monoisotopic (exact) mass is 296 g/mol. The maximum atomic E-state index is 12.2. The fourth-order valence-corrected chi connectivity index (χ4v) is 2.19. The smallest absolute Gasteiger partial charge is 0.257 e. The molecule has 0 aromatic carbocycles. The minimum absolute atomic E-state index is 0. The molecule has 1 saturated carbocycles. The van der Waals surface area contributed by atoms with Gasteiger partial charge in [-0.25, -0.2) is 4.98 Å². The van der Waals surface area contributed by atoms with Crippen LogP contribution in [0.1, 0.15) is 28.9 Å². The molecular formula is C13H17ClN4O2. The summed E-state index contributed by atoms with van der Waals surface area (Å²) >= 11 is 0. The molecule has 1 aliphatic rings. The fourth-order valence-electron chi connectivity index (χ4n) is 2.19. The molecule has 1 unspecified atom stereocenters. The summed E-state index contributed by atoms with van der Waals surface area (Å²) in [5, 5.41) is 7.56. The van der Waals surface area contributed by atoms with Crippen molar-refractivity contribution in [3.63, 3.8) is 0 Å². The van der Waals surface area contributed by atoms with Gasteiger partial charge in [-0.05, 0) is 31.7 Å². The number of halogens is 1. The van der Waals surface area contributed by atoms with Crippen molar-refractivity contribution in [2.45, 2.75) is 25.8 Å². The number of aromatic nitrogens is 2. The van der Waals surface area contributed by atoms with E-state index >= 15 is 0 Å². The van der Waals surface area contributed by atoms with Crippen LogP contribution in [0.5, 0.6) is 0 Å². The second-order valence-electron chi connectivity index (χ2n) is 5.00. The zero-order valence-corrected chi connectivity index (χ0v) is 11.9. The van der Waals surface area contributed by atoms with Crippen molar-refractivity contribution in [2.24, 2.45) is 11.7 Å². The van der Waals surface area contributed by atoms with Crippen LogP contribution in [-0.2, 0) is 0 Å². The SMILES string of the molecule is Cc1noc2ncc(C(=O)NC(CN)C3CC3)cc12.Cl. The number of nitrogens with two attached hydrogens (primary N) is 1. The van der Waals surface area contributed by atoms with Crippen LogP contribution >= 0.6 is 12.4 Å². The van der Waals surface area contributed by atoms with Crippen LogP contribution in [-0.4, -0.2) is 28.6 Å². The number of nitrogens with zero attached hydrogens (tertiary/aromatic N) is 2. The molecule has 1 fully saturated rings. The number of rotatable bonds is 4. The van der Waals surface area contributed by atoms with E-state index in [-0.39, 0.29) is 24.4 Å². The number of fused-ring (bicyclic) bond motifs is 1. The average molecular weight is 297 g/mol. The summed E-state index contributed by atoms with van der Waals surface area (Å²) < 4.78 is 5.02. The van der Waals surface area contributed by atoms with Crippen molar-refractivity contribution in [1.82, 2.24) is 15.5 Å². The molecular weight excluding hydrogens is 280 g/mol. The first-order chi connectivity index (χ1) is 9.19. The predicted octanol–water partition coefficient (Wildman–Crippen LogP) is 1.42. The molecule has 6 nitrogen and oxygen atoms in total. The number of hydrogen-bond acceptors (Lipinski definition) is 5. The van der Waals surface area contributed by atoms with Crippen LogP contribution in [0.15, 0.2) is 16.8 Å². The summed E-state index contributed by atoms with van der Waals surface area (Å²) in [4.78, 5) is 16.3. The van der Waals surface area contributed by atoms with Gasteiger partial charge in [-0.15, -0.1) is 12.4 Å². The summed E-state index contributed by atoms with van der Waals surface area (Å²) in [5.41, 5.74) is 7.38. The van der Waals surface area contributed by atoms with Crippen molar-refractivity contribution < 1.29 is 9.32 Å². The largest absolute Gasteiger partial charge is 0.348 e. The molecule has 0 saturated heterocycles. The van der Waals surface area contributed by atoms with E-state index in [1.165, 1.54) is 6.20 Å². The van der Waals surface area contributed by atoms with Gasteiger partial charge in [-0.3, -0.25) is 4.79 Å². The van der Waals surface area contributed by atoms with Gasteiger partial charge in [0.15, 0.2) is 0 Å². The fraction of sp³-hybridized carbons (Fsp3) is 0.462. The number of pyridine rings is 1. The molecule has 108 valence electrons. The van der Waals surface area contributed by atoms with Gasteiger partial charge in [-0.2, -0.15) is 0 Å². The topological polar surface area (TPSA) is 94.0 Å². The Bertz CT molecular complexity index is 624. The quantitative estimate of drug-likeness (QED) is 0.890. The van der Waals surface area contributed by atoms with Crippen LogP contribution in [0, 0.1) is 12.8 Å². The number of nitrogens with one attached hydrogen (secondary N) is 1. The number of aryl methyl sites for hydroxylation is 1. The Morgan fingerprint density at radius 1 is 1.60 bits per heavy atom. The Labute approximate surface area is 122 Å². The minimum atomic E-state index is -0.141. The van der Waals surface area contributed by atoms with Crippen molar-refractivity contribution in [1.29, 1.82) is 0 Å². The lowest BCUT2D eigenvalue weighted by atomic mass is 10.1. The summed E-state index contributed by atoms with van der Waals surface area (Å²) in [5.74, 6) is 0.389. The number of carbonyl (C=O) groups excluding carboxylic acids is 1. The number of amides is 1. The average Bonchev–Trinajstić information content (AvgIpc) is 3.20. The van der Waals surface area contributed by atoms with Crippen molar-refractivity contribution in [2.75, 3.05) is 6.54 Å². The molecule has 20 heavy (non-hydrogen) atoms. The Morgan fingerprint density at radius 2 is 2.35 bits per heavy atom. The Morgan fingerprint density at radius 3 is 3.00 bits per heavy atom. The molecule has 1 amide bonds. The van der Waals surface area contributed by atoms with Crippen LogP contribution in [0.3, 0.4) is 0 Å². The van der Waals surface area contributed by atoms with Gasteiger partial charge in [0.2, 0.25) is 0 Å². The lowest BCUT2D eigenvalue weighted by Gasteiger charge is -2.15. The predicted molar refractivity (Wildman–Crippen MR) is 76.8 cm³/mol. The zero-order chi connectivity index (χ0) is 13.4. The molecule has 7 heteroatoms. The van der Waals surface area contributed by atoms with E-state index in [0.717, 1.165) is 23.9 Å². The lowest BCUT2D eigenvalue weighted by molar-refractivity contribution is 0.0933. The second kappa shape index (κ2) is 5.76. The molecule has 1 aliphatic carbocycles. The van der Waals surface area contributed by atoms with E-state index < -0.39 is 0 Å². The normalized spacial score (nSPS) is 15.7. The highest BCUT2D eigenvalue weighted by molar-refractivity contribution is 5.97. The zero-order valence-electron chi connectivity index (χ0n) is 11.1. The van der Waals surface area contributed by atoms with Crippen LogP contribution < -0.4 is 11.1 Å². The molecule has 2 heterocycles. The summed E-state index contributed by atoms with van der Waals surface area (Å²) in [6.45, 7) is 2.29. The Hall–Kier alpha value is -1.66. The number of carbonyl (C=O) groups is 1. The van der Waals surface area contributed by atoms with E-state index in [4.69, 9.17) is 10.3 Å². The molecule has 0 aliphatic heterocycles. The second-order valence-corrected chi connectivity index (χ2v) is 5.00. The van der Waals surface area contributed by atoms with E-state index in [1.807, 2.05) is 6.92 Å². The third-order valence-electron chi connectivity index (χ3n) is 3.53. The van der Waals surface area contributed by atoms with Crippen LogP contribution in [0.4, 0.5) is 0 Å². The van der Waals surface area contributed by atoms with E-state index in [1.54, 1.807) is 6.07 Å². The number of hydrogen-bond donors (Lipinski definition) is 2. The molecule has 0 spiro atoms. The Balaban J connectivity index is 0.00000147. The molecule has 0 radical (unpaired) electrons. The first-order valence-electron chi connectivity index (χ1n) is 6.42. The van der Waals surface area contributed by atoms with E-state index in [9.17, 15) is 4.79 Å². The van der Waals surface area contributed by atoms with Gasteiger partial charge < -0.3 is 15.6 Å². The minimum Gasteiger partial charge on any atom is -0.348 e. The van der Waals surface area contributed by atoms with Crippen molar-refractivity contribution in [3.05, 3.63) is 23.5 Å². The maximum Gasteiger partial charge on any atom is 0.257 e. The Kier molecular flexibility index (Phi) is 4.25. The summed E-state index contributed by atoms with van der Waals surface area (Å²) in [6, 6.07) is 1.82. The van der Waals surface area contributed by atoms with Crippen molar-refractivity contribution >= 4 is 29.4 Å². The highest BCUT2D eigenvalue weighted by Gasteiger charge is 2.31. The maximum absolute atomic E-state index is 12.2.